The first-order chi connectivity index (χ1) is 7.54. The number of carbonyl (C=O) groups is 2. The highest BCUT2D eigenvalue weighted by Crippen LogP contribution is 2.01. The fourth-order valence-corrected chi connectivity index (χ4v) is 1.01. The molecule has 7 nitrogen and oxygen atoms in total. The van der Waals surface area contributed by atoms with Gasteiger partial charge in [0, 0.05) is 13.2 Å². The molecular weight excluding hydrogens is 216 g/mol. The summed E-state index contributed by atoms with van der Waals surface area (Å²) >= 11 is 0. The number of aliphatic carboxylic acids is 1. The van der Waals surface area contributed by atoms with Crippen LogP contribution in [-0.2, 0) is 9.53 Å². The predicted octanol–water partition coefficient (Wildman–Crippen LogP) is -0.188. The molecule has 0 aliphatic carbocycles. The Hall–Kier alpha value is -1.89. The van der Waals surface area contributed by atoms with E-state index in [9.17, 15) is 9.59 Å². The average Bonchev–Trinajstić information content (AvgIpc) is 2.65. The molecule has 1 unspecified atom stereocenters. The number of carboxylic acid groups (broad SMARTS) is 1. The molecule has 16 heavy (non-hydrogen) atoms. The van der Waals surface area contributed by atoms with E-state index in [1.165, 1.54) is 13.2 Å². The summed E-state index contributed by atoms with van der Waals surface area (Å²) in [5.74, 6) is -1.63. The summed E-state index contributed by atoms with van der Waals surface area (Å²) in [6, 6.07) is 1.46. The first kappa shape index (κ1) is 12.2. The van der Waals surface area contributed by atoms with Crippen molar-refractivity contribution in [3.05, 3.63) is 17.5 Å². The maximum absolute atomic E-state index is 11.4. The van der Waals surface area contributed by atoms with Crippen molar-refractivity contribution in [1.29, 1.82) is 0 Å². The summed E-state index contributed by atoms with van der Waals surface area (Å²) in [5.41, 5.74) is 0.576. The van der Waals surface area contributed by atoms with Crippen LogP contribution in [0.1, 0.15) is 16.2 Å². The summed E-state index contributed by atoms with van der Waals surface area (Å²) in [5, 5.41) is 14.6. The fraction of sp³-hybridized carbons (Fsp3) is 0.444. The standard InChI is InChI=1S/C9H12N2O5/c1-5-3-6(16-11-5)8(12)10-4-7(15-2)9(13)14/h3,7H,4H2,1-2H3,(H,10,12)(H,13,14). The number of amides is 1. The van der Waals surface area contributed by atoms with Gasteiger partial charge in [0.2, 0.25) is 5.76 Å². The van der Waals surface area contributed by atoms with Crippen LogP contribution in [0.4, 0.5) is 0 Å². The van der Waals surface area contributed by atoms with E-state index >= 15 is 0 Å². The summed E-state index contributed by atoms with van der Waals surface area (Å²) < 4.78 is 9.34. The van der Waals surface area contributed by atoms with Gasteiger partial charge in [0.05, 0.1) is 12.2 Å². The van der Waals surface area contributed by atoms with Crippen LogP contribution in [0.3, 0.4) is 0 Å². The Bertz CT molecular complexity index is 387. The largest absolute Gasteiger partial charge is 0.479 e. The van der Waals surface area contributed by atoms with Crippen molar-refractivity contribution in [2.45, 2.75) is 13.0 Å². The van der Waals surface area contributed by atoms with Gasteiger partial charge in [0.15, 0.2) is 6.10 Å². The van der Waals surface area contributed by atoms with Crippen molar-refractivity contribution in [3.8, 4) is 0 Å². The van der Waals surface area contributed by atoms with E-state index in [4.69, 9.17) is 9.63 Å². The highest BCUT2D eigenvalue weighted by molar-refractivity contribution is 5.91. The van der Waals surface area contributed by atoms with Crippen LogP contribution in [0.15, 0.2) is 10.6 Å². The molecule has 0 bridgehead atoms. The Morgan fingerprint density at radius 1 is 1.69 bits per heavy atom. The lowest BCUT2D eigenvalue weighted by Crippen LogP contribution is -2.37. The fourth-order valence-electron chi connectivity index (χ4n) is 1.01. The third-order valence-electron chi connectivity index (χ3n) is 1.86. The Kier molecular flexibility index (Phi) is 4.01. The monoisotopic (exact) mass is 228 g/mol. The molecule has 0 aromatic carbocycles. The molecule has 0 fully saturated rings. The Morgan fingerprint density at radius 2 is 2.38 bits per heavy atom. The quantitative estimate of drug-likeness (QED) is 0.724. The minimum Gasteiger partial charge on any atom is -0.479 e. The Labute approximate surface area is 91.4 Å². The SMILES string of the molecule is COC(CNC(=O)c1cc(C)no1)C(=O)O. The van der Waals surface area contributed by atoms with Gasteiger partial charge in [-0.25, -0.2) is 4.79 Å². The van der Waals surface area contributed by atoms with E-state index in [0.717, 1.165) is 0 Å². The molecule has 1 aromatic rings. The van der Waals surface area contributed by atoms with Crippen LogP contribution in [0.5, 0.6) is 0 Å². The number of carboxylic acids is 1. The molecule has 0 aliphatic rings. The molecule has 0 aliphatic heterocycles. The summed E-state index contributed by atoms with van der Waals surface area (Å²) in [6.07, 6.45) is -1.08. The van der Waals surface area contributed by atoms with Crippen LogP contribution < -0.4 is 5.32 Å². The number of nitrogens with one attached hydrogen (secondary N) is 1. The van der Waals surface area contributed by atoms with Crippen molar-refractivity contribution >= 4 is 11.9 Å². The van der Waals surface area contributed by atoms with Gasteiger partial charge in [-0.15, -0.1) is 0 Å². The first-order valence-electron chi connectivity index (χ1n) is 4.51. The van der Waals surface area contributed by atoms with Crippen molar-refractivity contribution in [1.82, 2.24) is 10.5 Å². The Balaban J connectivity index is 2.49. The van der Waals surface area contributed by atoms with Gasteiger partial charge < -0.3 is 19.7 Å². The molecule has 1 aromatic heterocycles. The molecule has 1 heterocycles. The number of hydrogen-bond acceptors (Lipinski definition) is 5. The molecule has 0 saturated heterocycles. The van der Waals surface area contributed by atoms with Crippen LogP contribution in [0.2, 0.25) is 0 Å². The predicted molar refractivity (Wildman–Crippen MR) is 52.0 cm³/mol. The highest BCUT2D eigenvalue weighted by atomic mass is 16.5. The lowest BCUT2D eigenvalue weighted by Gasteiger charge is -2.10. The third kappa shape index (κ3) is 3.06. The van der Waals surface area contributed by atoms with Gasteiger partial charge >= 0.3 is 5.97 Å². The first-order valence-corrected chi connectivity index (χ1v) is 4.51. The van der Waals surface area contributed by atoms with Gasteiger partial charge in [-0.1, -0.05) is 5.16 Å². The average molecular weight is 228 g/mol. The van der Waals surface area contributed by atoms with Crippen LogP contribution in [0, 0.1) is 6.92 Å². The zero-order valence-electron chi connectivity index (χ0n) is 8.89. The Morgan fingerprint density at radius 3 is 2.81 bits per heavy atom. The second kappa shape index (κ2) is 5.26. The van der Waals surface area contributed by atoms with Gasteiger partial charge in [-0.05, 0) is 6.92 Å². The van der Waals surface area contributed by atoms with E-state index in [0.29, 0.717) is 5.69 Å². The molecule has 0 radical (unpaired) electrons. The minimum atomic E-state index is -1.14. The van der Waals surface area contributed by atoms with Gasteiger partial charge in [0.25, 0.3) is 5.91 Å². The number of hydrogen-bond donors (Lipinski definition) is 2. The summed E-state index contributed by atoms with van der Waals surface area (Å²) in [7, 11) is 1.25. The van der Waals surface area contributed by atoms with E-state index in [2.05, 4.69) is 15.2 Å². The number of carbonyl (C=O) groups excluding carboxylic acids is 1. The van der Waals surface area contributed by atoms with E-state index in [-0.39, 0.29) is 12.3 Å². The molecular formula is C9H12N2O5. The zero-order valence-corrected chi connectivity index (χ0v) is 8.89. The van der Waals surface area contributed by atoms with Crippen LogP contribution >= 0.6 is 0 Å². The van der Waals surface area contributed by atoms with Gasteiger partial charge in [0.1, 0.15) is 0 Å². The smallest absolute Gasteiger partial charge is 0.334 e. The van der Waals surface area contributed by atoms with Crippen molar-refractivity contribution in [2.24, 2.45) is 0 Å². The minimum absolute atomic E-state index is 0.0396. The summed E-state index contributed by atoms with van der Waals surface area (Å²) in [4.78, 5) is 22.0. The van der Waals surface area contributed by atoms with Gasteiger partial charge in [-0.3, -0.25) is 4.79 Å². The topological polar surface area (TPSA) is 102 Å². The molecule has 88 valence electrons. The second-order valence-corrected chi connectivity index (χ2v) is 3.11. The molecule has 1 atom stereocenters. The number of methoxy groups -OCH3 is 1. The van der Waals surface area contributed by atoms with E-state index < -0.39 is 18.0 Å². The van der Waals surface area contributed by atoms with Crippen molar-refractivity contribution in [2.75, 3.05) is 13.7 Å². The van der Waals surface area contributed by atoms with Gasteiger partial charge in [-0.2, -0.15) is 0 Å². The molecule has 7 heteroatoms. The van der Waals surface area contributed by atoms with Crippen LogP contribution in [-0.4, -0.2) is 41.9 Å². The zero-order chi connectivity index (χ0) is 12.1. The number of nitrogens with zero attached hydrogens (tertiary/aromatic N) is 1. The molecule has 0 spiro atoms. The third-order valence-corrected chi connectivity index (χ3v) is 1.86. The van der Waals surface area contributed by atoms with E-state index in [1.807, 2.05) is 0 Å². The van der Waals surface area contributed by atoms with Crippen molar-refractivity contribution < 1.29 is 24.0 Å². The number of aryl methyl sites for hydroxylation is 1. The van der Waals surface area contributed by atoms with Crippen molar-refractivity contribution in [3.63, 3.8) is 0 Å². The molecule has 1 rings (SSSR count). The maximum atomic E-state index is 11.4. The molecule has 0 saturated carbocycles. The maximum Gasteiger partial charge on any atom is 0.334 e. The summed E-state index contributed by atoms with van der Waals surface area (Å²) in [6.45, 7) is 1.54. The van der Waals surface area contributed by atoms with E-state index in [1.54, 1.807) is 6.92 Å². The lowest BCUT2D eigenvalue weighted by atomic mass is 10.3. The molecule has 1 amide bonds. The number of rotatable bonds is 5. The number of aromatic nitrogens is 1. The normalized spacial score (nSPS) is 12.1. The molecule has 2 N–H and O–H groups in total. The lowest BCUT2D eigenvalue weighted by molar-refractivity contribution is -0.148. The van der Waals surface area contributed by atoms with Crippen LogP contribution in [0.25, 0.3) is 0 Å². The second-order valence-electron chi connectivity index (χ2n) is 3.11. The number of ether oxygens (including phenoxy) is 1. The highest BCUT2D eigenvalue weighted by Gasteiger charge is 2.19.